The summed E-state index contributed by atoms with van der Waals surface area (Å²) >= 11 is 1.79. The number of benzene rings is 1. The molecule has 0 amide bonds. The van der Waals surface area contributed by atoms with Crippen LogP contribution >= 0.6 is 11.3 Å². The lowest BCUT2D eigenvalue weighted by molar-refractivity contribution is 0.107. The van der Waals surface area contributed by atoms with Crippen LogP contribution in [0.4, 0.5) is 0 Å². The highest BCUT2D eigenvalue weighted by molar-refractivity contribution is 7.11. The number of aliphatic imine (C=N–C) groups is 1. The van der Waals surface area contributed by atoms with E-state index in [1.165, 1.54) is 21.0 Å². The zero-order valence-corrected chi connectivity index (χ0v) is 18.6. The first kappa shape index (κ1) is 20.8. The Labute approximate surface area is 173 Å². The molecule has 1 aliphatic heterocycles. The molecule has 2 N–H and O–H groups in total. The molecule has 3 rings (SSSR count). The molecule has 1 aliphatic rings. The largest absolute Gasteiger partial charge is 0.356 e. The Morgan fingerprint density at radius 3 is 2.64 bits per heavy atom. The predicted molar refractivity (Wildman–Crippen MR) is 119 cm³/mol. The van der Waals surface area contributed by atoms with Gasteiger partial charge in [0.25, 0.3) is 0 Å². The fourth-order valence-corrected chi connectivity index (χ4v) is 4.51. The van der Waals surface area contributed by atoms with Gasteiger partial charge in [0, 0.05) is 50.1 Å². The zero-order chi connectivity index (χ0) is 20.1. The molecule has 2 aromatic rings. The number of guanidine groups is 1. The topological polar surface area (TPSA) is 52.6 Å². The van der Waals surface area contributed by atoms with E-state index in [9.17, 15) is 0 Å². The highest BCUT2D eigenvalue weighted by Gasteiger charge is 2.29. The molecule has 0 saturated carbocycles. The van der Waals surface area contributed by atoms with Crippen LogP contribution in [0.1, 0.15) is 40.6 Å². The summed E-state index contributed by atoms with van der Waals surface area (Å²) in [6, 6.07) is 8.80. The van der Waals surface area contributed by atoms with Gasteiger partial charge in [-0.1, -0.05) is 24.3 Å². The number of aromatic nitrogens is 1. The van der Waals surface area contributed by atoms with E-state index in [-0.39, 0.29) is 5.54 Å². The fourth-order valence-electron chi connectivity index (χ4n) is 3.58. The standard InChI is InChI=1S/C22H33N5S/c1-16-17(2)28-20(26-16)10-12-24-21(23-5)25-15-22(3,4)27-13-11-18-8-6-7-9-19(18)14-27/h6-9H,10-15H2,1-5H3,(H2,23,24,25). The number of hydrogen-bond donors (Lipinski definition) is 2. The van der Waals surface area contributed by atoms with Crippen molar-refractivity contribution in [3.8, 4) is 0 Å². The number of nitrogens with one attached hydrogen (secondary N) is 2. The van der Waals surface area contributed by atoms with Crippen LogP contribution in [0.25, 0.3) is 0 Å². The van der Waals surface area contributed by atoms with E-state index in [4.69, 9.17) is 0 Å². The molecule has 0 bridgehead atoms. The summed E-state index contributed by atoms with van der Waals surface area (Å²) in [5.74, 6) is 0.857. The van der Waals surface area contributed by atoms with Gasteiger partial charge in [0.2, 0.25) is 0 Å². The van der Waals surface area contributed by atoms with E-state index in [0.29, 0.717) is 0 Å². The normalized spacial score (nSPS) is 15.4. The number of rotatable bonds is 6. The average molecular weight is 400 g/mol. The number of hydrogen-bond acceptors (Lipinski definition) is 4. The molecule has 1 aromatic carbocycles. The molecule has 0 radical (unpaired) electrons. The maximum atomic E-state index is 4.61. The molecule has 0 aliphatic carbocycles. The Morgan fingerprint density at radius 1 is 1.21 bits per heavy atom. The van der Waals surface area contributed by atoms with E-state index in [0.717, 1.165) is 50.7 Å². The summed E-state index contributed by atoms with van der Waals surface area (Å²) < 4.78 is 0. The van der Waals surface area contributed by atoms with Crippen molar-refractivity contribution in [1.29, 1.82) is 0 Å². The summed E-state index contributed by atoms with van der Waals surface area (Å²) in [7, 11) is 1.83. The summed E-state index contributed by atoms with van der Waals surface area (Å²) in [5, 5.41) is 8.12. The van der Waals surface area contributed by atoms with Crippen LogP contribution < -0.4 is 10.6 Å². The second-order valence-electron chi connectivity index (χ2n) is 8.10. The second-order valence-corrected chi connectivity index (χ2v) is 9.39. The van der Waals surface area contributed by atoms with Crippen molar-refractivity contribution >= 4 is 17.3 Å². The van der Waals surface area contributed by atoms with Gasteiger partial charge in [-0.25, -0.2) is 4.98 Å². The van der Waals surface area contributed by atoms with E-state index < -0.39 is 0 Å². The molecule has 28 heavy (non-hydrogen) atoms. The Bertz CT molecular complexity index is 805. The molecule has 5 nitrogen and oxygen atoms in total. The lowest BCUT2D eigenvalue weighted by Gasteiger charge is -2.42. The summed E-state index contributed by atoms with van der Waals surface area (Å²) in [4.78, 5) is 12.9. The number of thiazole rings is 1. The molecule has 0 atom stereocenters. The molecule has 2 heterocycles. The van der Waals surface area contributed by atoms with Gasteiger partial charge in [-0.15, -0.1) is 11.3 Å². The van der Waals surface area contributed by atoms with Crippen LogP contribution in [0.2, 0.25) is 0 Å². The van der Waals surface area contributed by atoms with Crippen LogP contribution in [0.15, 0.2) is 29.3 Å². The SMILES string of the molecule is CN=C(NCCc1nc(C)c(C)s1)NCC(C)(C)N1CCc2ccccc2C1. The van der Waals surface area contributed by atoms with Crippen molar-refractivity contribution in [3.63, 3.8) is 0 Å². The predicted octanol–water partition coefficient (Wildman–Crippen LogP) is 3.30. The van der Waals surface area contributed by atoms with Crippen LogP contribution in [-0.2, 0) is 19.4 Å². The molecule has 152 valence electrons. The lowest BCUT2D eigenvalue weighted by Crippen LogP contribution is -2.54. The van der Waals surface area contributed by atoms with Crippen LogP contribution in [0, 0.1) is 13.8 Å². The van der Waals surface area contributed by atoms with Crippen molar-refractivity contribution in [3.05, 3.63) is 51.0 Å². The molecule has 6 heteroatoms. The summed E-state index contributed by atoms with van der Waals surface area (Å²) in [5.41, 5.74) is 4.15. The van der Waals surface area contributed by atoms with Crippen molar-refractivity contribution in [2.24, 2.45) is 4.99 Å². The quantitative estimate of drug-likeness (QED) is 0.578. The third-order valence-corrected chi connectivity index (χ3v) is 6.74. The fraction of sp³-hybridized carbons (Fsp3) is 0.545. The Morgan fingerprint density at radius 2 is 1.96 bits per heavy atom. The Kier molecular flexibility index (Phi) is 6.73. The van der Waals surface area contributed by atoms with Crippen molar-refractivity contribution in [2.45, 2.75) is 52.6 Å². The van der Waals surface area contributed by atoms with Gasteiger partial charge < -0.3 is 10.6 Å². The first-order valence-electron chi connectivity index (χ1n) is 10.1. The van der Waals surface area contributed by atoms with E-state index in [1.54, 1.807) is 11.3 Å². The first-order chi connectivity index (χ1) is 13.4. The van der Waals surface area contributed by atoms with Gasteiger partial charge in [0.1, 0.15) is 0 Å². The second kappa shape index (κ2) is 9.05. The Hall–Kier alpha value is -1.92. The highest BCUT2D eigenvalue weighted by Crippen LogP contribution is 2.24. The molecule has 0 spiro atoms. The molecule has 0 saturated heterocycles. The van der Waals surface area contributed by atoms with Gasteiger partial charge in [0.05, 0.1) is 10.7 Å². The van der Waals surface area contributed by atoms with Crippen molar-refractivity contribution in [2.75, 3.05) is 26.7 Å². The smallest absolute Gasteiger partial charge is 0.191 e. The molecule has 0 unspecified atom stereocenters. The van der Waals surface area contributed by atoms with E-state index in [1.807, 2.05) is 7.05 Å². The van der Waals surface area contributed by atoms with Crippen LogP contribution in [0.5, 0.6) is 0 Å². The maximum absolute atomic E-state index is 4.61. The zero-order valence-electron chi connectivity index (χ0n) is 17.8. The summed E-state index contributed by atoms with van der Waals surface area (Å²) in [6.45, 7) is 12.6. The van der Waals surface area contributed by atoms with Crippen LogP contribution in [-0.4, -0.2) is 48.1 Å². The molecule has 1 aromatic heterocycles. The average Bonchev–Trinajstić information content (AvgIpc) is 3.01. The van der Waals surface area contributed by atoms with Gasteiger partial charge in [-0.2, -0.15) is 0 Å². The van der Waals surface area contributed by atoms with Gasteiger partial charge in [-0.3, -0.25) is 9.89 Å². The third kappa shape index (κ3) is 5.11. The minimum atomic E-state index is 0.0503. The van der Waals surface area contributed by atoms with E-state index in [2.05, 4.69) is 77.5 Å². The van der Waals surface area contributed by atoms with Gasteiger partial charge >= 0.3 is 0 Å². The number of fused-ring (bicyclic) bond motifs is 1. The highest BCUT2D eigenvalue weighted by atomic mass is 32.1. The maximum Gasteiger partial charge on any atom is 0.191 e. The molecular weight excluding hydrogens is 366 g/mol. The lowest BCUT2D eigenvalue weighted by atomic mass is 9.94. The minimum Gasteiger partial charge on any atom is -0.356 e. The van der Waals surface area contributed by atoms with Crippen LogP contribution in [0.3, 0.4) is 0 Å². The first-order valence-corrected chi connectivity index (χ1v) is 10.9. The molecular formula is C22H33N5S. The third-order valence-electron chi connectivity index (χ3n) is 5.60. The monoisotopic (exact) mass is 399 g/mol. The van der Waals surface area contributed by atoms with Gasteiger partial charge in [-0.05, 0) is 45.2 Å². The molecule has 0 fully saturated rings. The Balaban J connectivity index is 1.48. The summed E-state index contributed by atoms with van der Waals surface area (Å²) in [6.07, 6.45) is 2.05. The minimum absolute atomic E-state index is 0.0503. The van der Waals surface area contributed by atoms with E-state index >= 15 is 0 Å². The van der Waals surface area contributed by atoms with Crippen molar-refractivity contribution < 1.29 is 0 Å². The van der Waals surface area contributed by atoms with Gasteiger partial charge in [0.15, 0.2) is 5.96 Å². The number of nitrogens with zero attached hydrogens (tertiary/aromatic N) is 3. The number of aryl methyl sites for hydroxylation is 2. The van der Waals surface area contributed by atoms with Crippen molar-refractivity contribution in [1.82, 2.24) is 20.5 Å².